The van der Waals surface area contributed by atoms with Crippen LogP contribution in [0.2, 0.25) is 0 Å². The summed E-state index contributed by atoms with van der Waals surface area (Å²) in [6.07, 6.45) is 0.178. The molecule has 142 valence electrons. The second-order valence-corrected chi connectivity index (χ2v) is 7.41. The molecule has 1 heterocycles. The normalized spacial score (nSPS) is 17.2. The number of ether oxygens (including phenoxy) is 2. The number of rotatable bonds is 4. The topological polar surface area (TPSA) is 62.3 Å². The Kier molecular flexibility index (Phi) is 7.36. The lowest BCUT2D eigenvalue weighted by molar-refractivity contribution is -0.0145. The molecule has 0 N–H and O–H groups in total. The van der Waals surface area contributed by atoms with Crippen molar-refractivity contribution in [1.82, 2.24) is 14.3 Å². The standard InChI is InChI=1S/C17H22BrN3O4S/c1-5-24-16(22)20-15(19(3)4)11-14(12-7-9-13(18)10-8-12)26-21(20)17(23)25-6-2/h7-11,15H,5-6H2,1-4H3. The molecule has 1 atom stereocenters. The van der Waals surface area contributed by atoms with Crippen LogP contribution in [0.5, 0.6) is 0 Å². The van der Waals surface area contributed by atoms with Crippen LogP contribution < -0.4 is 0 Å². The number of likely N-dealkylation sites (N-methyl/N-ethyl adjacent to an activating group) is 1. The monoisotopic (exact) mass is 443 g/mol. The van der Waals surface area contributed by atoms with Gasteiger partial charge in [-0.3, -0.25) is 4.90 Å². The maximum absolute atomic E-state index is 12.5. The number of benzene rings is 1. The molecule has 0 fully saturated rings. The van der Waals surface area contributed by atoms with Crippen molar-refractivity contribution in [1.29, 1.82) is 0 Å². The first-order chi connectivity index (χ1) is 12.4. The van der Waals surface area contributed by atoms with E-state index < -0.39 is 18.4 Å². The smallest absolute Gasteiger partial charge is 0.440 e. The van der Waals surface area contributed by atoms with Gasteiger partial charge in [-0.1, -0.05) is 28.1 Å². The lowest BCUT2D eigenvalue weighted by Crippen LogP contribution is -2.57. The van der Waals surface area contributed by atoms with Crippen LogP contribution in [0.25, 0.3) is 4.91 Å². The fourth-order valence-electron chi connectivity index (χ4n) is 2.29. The van der Waals surface area contributed by atoms with Gasteiger partial charge < -0.3 is 9.47 Å². The lowest BCUT2D eigenvalue weighted by Gasteiger charge is -2.42. The highest BCUT2D eigenvalue weighted by molar-refractivity contribution is 9.10. The van der Waals surface area contributed by atoms with Crippen LogP contribution in [0, 0.1) is 0 Å². The average molecular weight is 444 g/mol. The number of halogens is 1. The zero-order chi connectivity index (χ0) is 19.3. The molecule has 0 bridgehead atoms. The van der Waals surface area contributed by atoms with E-state index in [4.69, 9.17) is 9.47 Å². The average Bonchev–Trinajstić information content (AvgIpc) is 2.61. The number of nitrogens with zero attached hydrogens (tertiary/aromatic N) is 3. The Morgan fingerprint density at radius 3 is 2.23 bits per heavy atom. The summed E-state index contributed by atoms with van der Waals surface area (Å²) in [5, 5.41) is 1.26. The molecule has 2 rings (SSSR count). The third kappa shape index (κ3) is 4.72. The van der Waals surface area contributed by atoms with E-state index in [9.17, 15) is 9.59 Å². The Hall–Kier alpha value is -1.71. The Morgan fingerprint density at radius 2 is 1.69 bits per heavy atom. The second kappa shape index (κ2) is 9.29. The van der Waals surface area contributed by atoms with E-state index in [1.165, 1.54) is 9.42 Å². The first-order valence-corrected chi connectivity index (χ1v) is 9.70. The fourth-order valence-corrected chi connectivity index (χ4v) is 3.54. The number of carbonyl (C=O) groups excluding carboxylic acids is 2. The van der Waals surface area contributed by atoms with Gasteiger partial charge in [0.25, 0.3) is 0 Å². The van der Waals surface area contributed by atoms with Gasteiger partial charge in [-0.25, -0.2) is 9.59 Å². The van der Waals surface area contributed by atoms with Crippen molar-refractivity contribution in [2.24, 2.45) is 0 Å². The predicted octanol–water partition coefficient (Wildman–Crippen LogP) is 4.17. The summed E-state index contributed by atoms with van der Waals surface area (Å²) >= 11 is 4.54. The summed E-state index contributed by atoms with van der Waals surface area (Å²) in [4.78, 5) is 27.7. The van der Waals surface area contributed by atoms with Crippen LogP contribution >= 0.6 is 27.9 Å². The summed E-state index contributed by atoms with van der Waals surface area (Å²) in [6, 6.07) is 7.74. The SMILES string of the molecule is CCOC(=O)N1SC(c2ccc(Br)cc2)=CC(N(C)C)N1C(=O)OCC. The Morgan fingerprint density at radius 1 is 1.12 bits per heavy atom. The quantitative estimate of drug-likeness (QED) is 0.650. The minimum absolute atomic E-state index is 0.205. The molecule has 0 spiro atoms. The summed E-state index contributed by atoms with van der Waals surface area (Å²) in [7, 11) is 3.65. The molecule has 0 saturated heterocycles. The zero-order valence-electron chi connectivity index (χ0n) is 15.1. The van der Waals surface area contributed by atoms with Crippen molar-refractivity contribution in [3.05, 3.63) is 40.4 Å². The number of hydrogen-bond acceptors (Lipinski definition) is 6. The van der Waals surface area contributed by atoms with E-state index >= 15 is 0 Å². The third-order valence-electron chi connectivity index (χ3n) is 3.47. The van der Waals surface area contributed by atoms with E-state index in [0.717, 1.165) is 26.9 Å². The largest absolute Gasteiger partial charge is 0.448 e. The van der Waals surface area contributed by atoms with Crippen LogP contribution in [-0.2, 0) is 9.47 Å². The lowest BCUT2D eigenvalue weighted by atomic mass is 10.2. The summed E-state index contributed by atoms with van der Waals surface area (Å²) in [5.74, 6) is 0. The van der Waals surface area contributed by atoms with E-state index in [2.05, 4.69) is 15.9 Å². The van der Waals surface area contributed by atoms with Crippen molar-refractivity contribution < 1.29 is 19.1 Å². The van der Waals surface area contributed by atoms with Crippen molar-refractivity contribution in [3.63, 3.8) is 0 Å². The Balaban J connectivity index is 2.46. The minimum atomic E-state index is -0.625. The Bertz CT molecular complexity index is 681. The highest BCUT2D eigenvalue weighted by atomic mass is 79.9. The van der Waals surface area contributed by atoms with Crippen LogP contribution in [0.3, 0.4) is 0 Å². The first-order valence-electron chi connectivity index (χ1n) is 8.14. The number of carbonyl (C=O) groups is 2. The van der Waals surface area contributed by atoms with Crippen LogP contribution in [-0.4, -0.2) is 60.0 Å². The van der Waals surface area contributed by atoms with Crippen molar-refractivity contribution >= 4 is 45.0 Å². The van der Waals surface area contributed by atoms with E-state index in [0.29, 0.717) is 0 Å². The van der Waals surface area contributed by atoms with Crippen LogP contribution in [0.4, 0.5) is 9.59 Å². The summed E-state index contributed by atoms with van der Waals surface area (Å²) < 4.78 is 12.4. The highest BCUT2D eigenvalue weighted by Gasteiger charge is 2.40. The third-order valence-corrected chi connectivity index (χ3v) is 5.06. The van der Waals surface area contributed by atoms with E-state index in [1.807, 2.05) is 49.3 Å². The van der Waals surface area contributed by atoms with Gasteiger partial charge in [-0.05, 0) is 51.7 Å². The molecule has 0 saturated carbocycles. The zero-order valence-corrected chi connectivity index (χ0v) is 17.5. The molecular formula is C17H22BrN3O4S. The van der Waals surface area contributed by atoms with Crippen molar-refractivity contribution in [2.45, 2.75) is 20.0 Å². The molecule has 1 aliphatic heterocycles. The van der Waals surface area contributed by atoms with Crippen LogP contribution in [0.1, 0.15) is 19.4 Å². The van der Waals surface area contributed by atoms with Gasteiger partial charge >= 0.3 is 12.2 Å². The maximum Gasteiger partial charge on any atom is 0.440 e. The molecule has 26 heavy (non-hydrogen) atoms. The molecule has 1 aliphatic rings. The summed E-state index contributed by atoms with van der Waals surface area (Å²) in [5.41, 5.74) is 0.933. The molecule has 0 aliphatic carbocycles. The van der Waals surface area contributed by atoms with Crippen LogP contribution in [0.15, 0.2) is 34.8 Å². The molecular weight excluding hydrogens is 422 g/mol. The fraction of sp³-hybridized carbons (Fsp3) is 0.412. The van der Waals surface area contributed by atoms with Gasteiger partial charge in [0.05, 0.1) is 13.2 Å². The molecule has 1 aromatic rings. The predicted molar refractivity (Wildman–Crippen MR) is 105 cm³/mol. The number of hydrogen-bond donors (Lipinski definition) is 0. The van der Waals surface area contributed by atoms with Gasteiger partial charge in [-0.2, -0.15) is 5.01 Å². The molecule has 1 aromatic carbocycles. The second-order valence-electron chi connectivity index (χ2n) is 5.52. The minimum Gasteiger partial charge on any atom is -0.448 e. The van der Waals surface area contributed by atoms with Gasteiger partial charge in [0.2, 0.25) is 0 Å². The number of hydrazine groups is 1. The molecule has 7 nitrogen and oxygen atoms in total. The molecule has 0 aromatic heterocycles. The van der Waals surface area contributed by atoms with E-state index in [-0.39, 0.29) is 13.2 Å². The summed E-state index contributed by atoms with van der Waals surface area (Å²) in [6.45, 7) is 3.85. The van der Waals surface area contributed by atoms with Gasteiger partial charge in [-0.15, -0.1) is 4.41 Å². The van der Waals surface area contributed by atoms with Crippen molar-refractivity contribution in [3.8, 4) is 0 Å². The van der Waals surface area contributed by atoms with Gasteiger partial charge in [0.15, 0.2) is 0 Å². The molecule has 2 amide bonds. The number of amides is 2. The van der Waals surface area contributed by atoms with E-state index in [1.54, 1.807) is 13.8 Å². The molecule has 0 radical (unpaired) electrons. The Labute approximate surface area is 166 Å². The van der Waals surface area contributed by atoms with Gasteiger partial charge in [0.1, 0.15) is 6.17 Å². The van der Waals surface area contributed by atoms with Crippen molar-refractivity contribution in [2.75, 3.05) is 27.3 Å². The molecule has 1 unspecified atom stereocenters. The molecule has 9 heteroatoms. The maximum atomic E-state index is 12.5. The first kappa shape index (κ1) is 20.6. The highest BCUT2D eigenvalue weighted by Crippen LogP contribution is 2.39. The van der Waals surface area contributed by atoms with Gasteiger partial charge in [0, 0.05) is 21.3 Å².